The van der Waals surface area contributed by atoms with Crippen LogP contribution in [-0.2, 0) is 19.3 Å². The van der Waals surface area contributed by atoms with Crippen molar-refractivity contribution in [3.63, 3.8) is 0 Å². The first-order chi connectivity index (χ1) is 15.3. The highest BCUT2D eigenvalue weighted by molar-refractivity contribution is 5.79. The molecule has 0 unspecified atom stereocenters. The first-order valence-corrected chi connectivity index (χ1v) is 10.5. The molecule has 0 bridgehead atoms. The van der Waals surface area contributed by atoms with Gasteiger partial charge in [0, 0.05) is 37.7 Å². The maximum atomic E-state index is 13.8. The predicted octanol–water partition coefficient (Wildman–Crippen LogP) is 3.85. The van der Waals surface area contributed by atoms with Crippen LogP contribution < -0.4 is 10.6 Å². The molecule has 0 saturated heterocycles. The molecule has 2 heterocycles. The number of hydrogen-bond acceptors (Lipinski definition) is 3. The van der Waals surface area contributed by atoms with Crippen molar-refractivity contribution in [2.75, 3.05) is 13.1 Å². The normalized spacial score (nSPS) is 12.2. The smallest absolute Gasteiger partial charge is 0.357 e. The van der Waals surface area contributed by atoms with E-state index in [0.717, 1.165) is 30.4 Å². The fraction of sp³-hybridized carbons (Fsp3) is 0.409. The first kappa shape index (κ1) is 23.4. The average Bonchev–Trinajstić information content (AvgIpc) is 3.37. The van der Waals surface area contributed by atoms with Crippen molar-refractivity contribution in [3.05, 3.63) is 65.2 Å². The SMILES string of the molecule is CCNC(=NCc1ccc(-n2nc(C)cc2C)cc1C(F)(F)F)NCCCn1cccn1. The van der Waals surface area contributed by atoms with Crippen molar-refractivity contribution in [2.45, 2.75) is 46.5 Å². The number of nitrogens with zero attached hydrogens (tertiary/aromatic N) is 5. The van der Waals surface area contributed by atoms with E-state index in [-0.39, 0.29) is 12.1 Å². The predicted molar refractivity (Wildman–Crippen MR) is 118 cm³/mol. The van der Waals surface area contributed by atoms with Crippen molar-refractivity contribution in [3.8, 4) is 5.69 Å². The van der Waals surface area contributed by atoms with Crippen LogP contribution in [0.3, 0.4) is 0 Å². The Labute approximate surface area is 185 Å². The average molecular weight is 448 g/mol. The van der Waals surface area contributed by atoms with Crippen LogP contribution in [0.4, 0.5) is 13.2 Å². The van der Waals surface area contributed by atoms with Gasteiger partial charge in [0.15, 0.2) is 5.96 Å². The minimum absolute atomic E-state index is 0.0965. The molecular weight excluding hydrogens is 419 g/mol. The van der Waals surface area contributed by atoms with E-state index in [4.69, 9.17) is 0 Å². The summed E-state index contributed by atoms with van der Waals surface area (Å²) in [6, 6.07) is 7.93. The number of nitrogens with one attached hydrogen (secondary N) is 2. The molecule has 0 saturated carbocycles. The van der Waals surface area contributed by atoms with Gasteiger partial charge in [0.25, 0.3) is 0 Å². The van der Waals surface area contributed by atoms with E-state index in [1.54, 1.807) is 12.3 Å². The molecule has 7 nitrogen and oxygen atoms in total. The topological polar surface area (TPSA) is 72.1 Å². The van der Waals surface area contributed by atoms with Crippen molar-refractivity contribution >= 4 is 5.96 Å². The van der Waals surface area contributed by atoms with Gasteiger partial charge < -0.3 is 10.6 Å². The van der Waals surface area contributed by atoms with Gasteiger partial charge in [-0.05, 0) is 57.0 Å². The maximum absolute atomic E-state index is 13.8. The fourth-order valence-electron chi connectivity index (χ4n) is 3.37. The summed E-state index contributed by atoms with van der Waals surface area (Å²) >= 11 is 0. The van der Waals surface area contributed by atoms with Gasteiger partial charge in [0.2, 0.25) is 0 Å². The number of benzene rings is 1. The quantitative estimate of drug-likeness (QED) is 0.313. The monoisotopic (exact) mass is 447 g/mol. The number of aryl methyl sites for hydroxylation is 3. The lowest BCUT2D eigenvalue weighted by atomic mass is 10.1. The third-order valence-corrected chi connectivity index (χ3v) is 4.82. The van der Waals surface area contributed by atoms with Gasteiger partial charge in [-0.25, -0.2) is 9.67 Å². The molecular formula is C22H28F3N7. The summed E-state index contributed by atoms with van der Waals surface area (Å²) in [7, 11) is 0. The zero-order valence-electron chi connectivity index (χ0n) is 18.4. The summed E-state index contributed by atoms with van der Waals surface area (Å²) in [5.74, 6) is 0.476. The Morgan fingerprint density at radius 1 is 1.16 bits per heavy atom. The number of aromatic nitrogens is 4. The van der Waals surface area contributed by atoms with Gasteiger partial charge >= 0.3 is 6.18 Å². The molecule has 2 N–H and O–H groups in total. The Morgan fingerprint density at radius 2 is 1.97 bits per heavy atom. The molecule has 172 valence electrons. The van der Waals surface area contributed by atoms with Crippen LogP contribution in [0, 0.1) is 13.8 Å². The molecule has 2 aromatic heterocycles. The van der Waals surface area contributed by atoms with Crippen LogP contribution in [0.25, 0.3) is 5.69 Å². The van der Waals surface area contributed by atoms with E-state index in [2.05, 4.69) is 25.8 Å². The Morgan fingerprint density at radius 3 is 2.59 bits per heavy atom. The van der Waals surface area contributed by atoms with Gasteiger partial charge in [-0.3, -0.25) is 4.68 Å². The number of halogens is 3. The third kappa shape index (κ3) is 6.12. The van der Waals surface area contributed by atoms with Crippen LogP contribution in [0.2, 0.25) is 0 Å². The highest BCUT2D eigenvalue weighted by Gasteiger charge is 2.33. The van der Waals surface area contributed by atoms with Gasteiger partial charge in [-0.15, -0.1) is 0 Å². The molecule has 0 spiro atoms. The molecule has 0 atom stereocenters. The molecule has 0 amide bonds. The summed E-state index contributed by atoms with van der Waals surface area (Å²) in [4.78, 5) is 4.37. The number of hydrogen-bond donors (Lipinski definition) is 2. The second kappa shape index (κ2) is 10.3. The fourth-order valence-corrected chi connectivity index (χ4v) is 3.37. The molecule has 0 fully saturated rings. The van der Waals surface area contributed by atoms with Gasteiger partial charge in [0.05, 0.1) is 23.5 Å². The summed E-state index contributed by atoms with van der Waals surface area (Å²) in [6.07, 6.45) is -0.0886. The number of alkyl halides is 3. The van der Waals surface area contributed by atoms with E-state index >= 15 is 0 Å². The largest absolute Gasteiger partial charge is 0.416 e. The van der Waals surface area contributed by atoms with Crippen LogP contribution >= 0.6 is 0 Å². The minimum atomic E-state index is -4.49. The Balaban J connectivity index is 1.74. The Bertz CT molecular complexity index is 1040. The molecule has 0 aliphatic rings. The van der Waals surface area contributed by atoms with E-state index in [9.17, 15) is 13.2 Å². The van der Waals surface area contributed by atoms with E-state index < -0.39 is 11.7 Å². The molecule has 0 aliphatic heterocycles. The first-order valence-electron chi connectivity index (χ1n) is 10.5. The van der Waals surface area contributed by atoms with Crippen molar-refractivity contribution in [1.29, 1.82) is 0 Å². The molecule has 0 radical (unpaired) electrons. The van der Waals surface area contributed by atoms with Crippen LogP contribution in [-0.4, -0.2) is 38.6 Å². The summed E-state index contributed by atoms with van der Waals surface area (Å²) in [5, 5.41) is 14.7. The number of rotatable bonds is 8. The highest BCUT2D eigenvalue weighted by Crippen LogP contribution is 2.34. The zero-order valence-corrected chi connectivity index (χ0v) is 18.4. The lowest BCUT2D eigenvalue weighted by molar-refractivity contribution is -0.138. The van der Waals surface area contributed by atoms with Gasteiger partial charge in [-0.1, -0.05) is 6.07 Å². The van der Waals surface area contributed by atoms with E-state index in [0.29, 0.717) is 24.7 Å². The summed E-state index contributed by atoms with van der Waals surface area (Å²) in [6.45, 7) is 7.40. The Hall–Kier alpha value is -3.30. The van der Waals surface area contributed by atoms with Crippen molar-refractivity contribution in [2.24, 2.45) is 4.99 Å². The molecule has 1 aromatic carbocycles. The lowest BCUT2D eigenvalue weighted by Crippen LogP contribution is -2.38. The number of aliphatic imine (C=N–C) groups is 1. The maximum Gasteiger partial charge on any atom is 0.416 e. The minimum Gasteiger partial charge on any atom is -0.357 e. The summed E-state index contributed by atoms with van der Waals surface area (Å²) < 4.78 is 44.7. The molecule has 10 heteroatoms. The lowest BCUT2D eigenvalue weighted by Gasteiger charge is -2.15. The summed E-state index contributed by atoms with van der Waals surface area (Å²) in [5.41, 5.74) is 1.30. The molecule has 3 rings (SSSR count). The number of guanidine groups is 1. The van der Waals surface area contributed by atoms with Crippen LogP contribution in [0.15, 0.2) is 47.7 Å². The van der Waals surface area contributed by atoms with Crippen molar-refractivity contribution in [1.82, 2.24) is 30.2 Å². The Kier molecular flexibility index (Phi) is 7.55. The van der Waals surface area contributed by atoms with Crippen LogP contribution in [0.5, 0.6) is 0 Å². The zero-order chi connectivity index (χ0) is 23.1. The second-order valence-electron chi connectivity index (χ2n) is 7.42. The van der Waals surface area contributed by atoms with Gasteiger partial charge in [0.1, 0.15) is 0 Å². The molecule has 3 aromatic rings. The van der Waals surface area contributed by atoms with E-state index in [1.165, 1.54) is 10.7 Å². The second-order valence-corrected chi connectivity index (χ2v) is 7.42. The van der Waals surface area contributed by atoms with E-state index in [1.807, 2.05) is 43.8 Å². The van der Waals surface area contributed by atoms with Crippen molar-refractivity contribution < 1.29 is 13.2 Å². The van der Waals surface area contributed by atoms with Gasteiger partial charge in [-0.2, -0.15) is 23.4 Å². The molecule has 0 aliphatic carbocycles. The molecule has 32 heavy (non-hydrogen) atoms. The van der Waals surface area contributed by atoms with Crippen LogP contribution in [0.1, 0.15) is 35.9 Å². The third-order valence-electron chi connectivity index (χ3n) is 4.82. The highest BCUT2D eigenvalue weighted by atomic mass is 19.4. The standard InChI is InChI=1S/C22H28F3N7/c1-4-26-21(27-9-5-11-31-12-6-10-29-31)28-15-18-7-8-19(14-20(18)22(23,24)25)32-17(3)13-16(2)30-32/h6-8,10,12-14H,4-5,9,11,15H2,1-3H3,(H2,26,27,28).